The van der Waals surface area contributed by atoms with Gasteiger partial charge in [0.1, 0.15) is 0 Å². The Kier molecular flexibility index (Phi) is 3.84. The maximum atomic E-state index is 6.13. The Bertz CT molecular complexity index is 692. The van der Waals surface area contributed by atoms with Gasteiger partial charge in [-0.25, -0.2) is 0 Å². The summed E-state index contributed by atoms with van der Waals surface area (Å²) in [5.74, 6) is 0.515. The third kappa shape index (κ3) is 2.61. The summed E-state index contributed by atoms with van der Waals surface area (Å²) in [5, 5.41) is 4.63. The number of pyridine rings is 1. The lowest BCUT2D eigenvalue weighted by atomic mass is 10.1. The van der Waals surface area contributed by atoms with Gasteiger partial charge in [0.15, 0.2) is 0 Å². The molecule has 3 heteroatoms. The first-order valence-electron chi connectivity index (χ1n) is 6.59. The summed E-state index contributed by atoms with van der Waals surface area (Å²) < 4.78 is 0. The van der Waals surface area contributed by atoms with Crippen LogP contribution in [-0.2, 0) is 0 Å². The van der Waals surface area contributed by atoms with E-state index >= 15 is 0 Å². The highest BCUT2D eigenvalue weighted by molar-refractivity contribution is 6.18. The molecule has 3 aromatic rings. The zero-order valence-corrected chi connectivity index (χ0v) is 11.7. The number of benzene rings is 2. The Morgan fingerprint density at radius 1 is 0.950 bits per heavy atom. The van der Waals surface area contributed by atoms with Crippen LogP contribution in [0.2, 0.25) is 0 Å². The fourth-order valence-corrected chi connectivity index (χ4v) is 2.56. The van der Waals surface area contributed by atoms with Crippen LogP contribution in [0.5, 0.6) is 0 Å². The number of hydrogen-bond donors (Lipinski definition) is 1. The van der Waals surface area contributed by atoms with Gasteiger partial charge in [0.2, 0.25) is 0 Å². The lowest BCUT2D eigenvalue weighted by Crippen LogP contribution is -2.12. The molecule has 1 N–H and O–H groups in total. The molecule has 0 saturated heterocycles. The topological polar surface area (TPSA) is 24.9 Å². The van der Waals surface area contributed by atoms with E-state index in [2.05, 4.69) is 28.5 Å². The molecule has 0 radical (unpaired) electrons. The SMILES string of the molecule is ClCC(Nc1ccnc2ccccc12)c1ccccc1. The van der Waals surface area contributed by atoms with Crippen molar-refractivity contribution in [3.63, 3.8) is 0 Å². The lowest BCUT2D eigenvalue weighted by molar-refractivity contribution is 0.895. The van der Waals surface area contributed by atoms with Crippen molar-refractivity contribution in [2.45, 2.75) is 6.04 Å². The van der Waals surface area contributed by atoms with Gasteiger partial charge in [-0.15, -0.1) is 11.6 Å². The van der Waals surface area contributed by atoms with Crippen molar-refractivity contribution in [1.82, 2.24) is 4.98 Å². The van der Waals surface area contributed by atoms with Gasteiger partial charge in [0.05, 0.1) is 11.6 Å². The molecule has 1 unspecified atom stereocenters. The number of hydrogen-bond acceptors (Lipinski definition) is 2. The van der Waals surface area contributed by atoms with Crippen molar-refractivity contribution < 1.29 is 0 Å². The Morgan fingerprint density at radius 3 is 2.50 bits per heavy atom. The molecule has 0 aliphatic rings. The molecule has 0 spiro atoms. The average molecular weight is 283 g/mol. The molecule has 100 valence electrons. The van der Waals surface area contributed by atoms with Gasteiger partial charge in [-0.3, -0.25) is 4.98 Å². The van der Waals surface area contributed by atoms with Crippen LogP contribution in [0, 0.1) is 0 Å². The maximum Gasteiger partial charge on any atom is 0.0722 e. The molecule has 0 bridgehead atoms. The molecular weight excluding hydrogens is 268 g/mol. The van der Waals surface area contributed by atoms with E-state index in [1.54, 1.807) is 0 Å². The number of rotatable bonds is 4. The molecule has 0 fully saturated rings. The summed E-state index contributed by atoms with van der Waals surface area (Å²) in [5.41, 5.74) is 3.23. The van der Waals surface area contributed by atoms with Crippen LogP contribution in [0.4, 0.5) is 5.69 Å². The molecule has 0 aliphatic carbocycles. The molecule has 3 rings (SSSR count). The minimum Gasteiger partial charge on any atom is -0.376 e. The van der Waals surface area contributed by atoms with Gasteiger partial charge in [-0.2, -0.15) is 0 Å². The van der Waals surface area contributed by atoms with Gasteiger partial charge in [-0.05, 0) is 17.7 Å². The molecule has 0 aliphatic heterocycles. The second-order valence-corrected chi connectivity index (χ2v) is 4.95. The van der Waals surface area contributed by atoms with Crippen LogP contribution in [0.3, 0.4) is 0 Å². The minimum atomic E-state index is 0.0867. The predicted octanol–water partition coefficient (Wildman–Crippen LogP) is 4.63. The summed E-state index contributed by atoms with van der Waals surface area (Å²) in [7, 11) is 0. The summed E-state index contributed by atoms with van der Waals surface area (Å²) in [4.78, 5) is 4.37. The molecule has 20 heavy (non-hydrogen) atoms. The van der Waals surface area contributed by atoms with Crippen molar-refractivity contribution in [3.05, 3.63) is 72.4 Å². The van der Waals surface area contributed by atoms with E-state index in [1.165, 1.54) is 5.56 Å². The Balaban J connectivity index is 1.96. The summed E-state index contributed by atoms with van der Waals surface area (Å²) in [6, 6.07) is 20.4. The number of nitrogens with one attached hydrogen (secondary N) is 1. The van der Waals surface area contributed by atoms with E-state index in [9.17, 15) is 0 Å². The Morgan fingerprint density at radius 2 is 1.70 bits per heavy atom. The first-order valence-corrected chi connectivity index (χ1v) is 7.13. The van der Waals surface area contributed by atoms with Crippen molar-refractivity contribution >= 4 is 28.2 Å². The largest absolute Gasteiger partial charge is 0.376 e. The highest BCUT2D eigenvalue weighted by atomic mass is 35.5. The van der Waals surface area contributed by atoms with Crippen molar-refractivity contribution in [3.8, 4) is 0 Å². The smallest absolute Gasteiger partial charge is 0.0722 e. The Labute approximate surface area is 123 Å². The van der Waals surface area contributed by atoms with Crippen LogP contribution >= 0.6 is 11.6 Å². The molecule has 2 nitrogen and oxygen atoms in total. The van der Waals surface area contributed by atoms with Crippen molar-refractivity contribution in [2.24, 2.45) is 0 Å². The highest BCUT2D eigenvalue weighted by Gasteiger charge is 2.11. The zero-order valence-electron chi connectivity index (χ0n) is 11.0. The molecule has 0 amide bonds. The predicted molar refractivity (Wildman–Crippen MR) is 85.3 cm³/mol. The van der Waals surface area contributed by atoms with Crippen molar-refractivity contribution in [2.75, 3.05) is 11.2 Å². The highest BCUT2D eigenvalue weighted by Crippen LogP contribution is 2.26. The first-order chi connectivity index (χ1) is 9.88. The van der Waals surface area contributed by atoms with Crippen molar-refractivity contribution in [1.29, 1.82) is 0 Å². The second-order valence-electron chi connectivity index (χ2n) is 4.64. The van der Waals surface area contributed by atoms with Gasteiger partial charge in [-0.1, -0.05) is 48.5 Å². The summed E-state index contributed by atoms with van der Waals surface area (Å²) >= 11 is 6.13. The number of anilines is 1. The first kappa shape index (κ1) is 12.9. The quantitative estimate of drug-likeness (QED) is 0.706. The normalized spacial score (nSPS) is 12.2. The van der Waals surface area contributed by atoms with Crippen LogP contribution in [0.1, 0.15) is 11.6 Å². The molecule has 2 aromatic carbocycles. The van der Waals surface area contributed by atoms with Gasteiger partial charge in [0, 0.05) is 23.2 Å². The monoisotopic (exact) mass is 282 g/mol. The van der Waals surface area contributed by atoms with Crippen LogP contribution in [-0.4, -0.2) is 10.9 Å². The molecular formula is C17H15ClN2. The minimum absolute atomic E-state index is 0.0867. The molecule has 1 heterocycles. The lowest BCUT2D eigenvalue weighted by Gasteiger charge is -2.19. The number of alkyl halides is 1. The van der Waals surface area contributed by atoms with Gasteiger partial charge in [0.25, 0.3) is 0 Å². The zero-order chi connectivity index (χ0) is 13.8. The molecule has 1 atom stereocenters. The van der Waals surface area contributed by atoms with E-state index in [1.807, 2.05) is 48.7 Å². The number of para-hydroxylation sites is 1. The van der Waals surface area contributed by atoms with E-state index in [0.717, 1.165) is 16.6 Å². The fraction of sp³-hybridized carbons (Fsp3) is 0.118. The summed E-state index contributed by atoms with van der Waals surface area (Å²) in [6.07, 6.45) is 1.82. The average Bonchev–Trinajstić information content (AvgIpc) is 2.53. The van der Waals surface area contributed by atoms with Gasteiger partial charge >= 0.3 is 0 Å². The maximum absolute atomic E-state index is 6.13. The summed E-state index contributed by atoms with van der Waals surface area (Å²) in [6.45, 7) is 0. The number of fused-ring (bicyclic) bond motifs is 1. The molecule has 0 saturated carbocycles. The van der Waals surface area contributed by atoms with E-state index in [0.29, 0.717) is 5.88 Å². The standard InChI is InChI=1S/C17H15ClN2/c18-12-17(13-6-2-1-3-7-13)20-16-10-11-19-15-9-5-4-8-14(15)16/h1-11,17H,12H2,(H,19,20). The van der Waals surface area contributed by atoms with E-state index in [4.69, 9.17) is 11.6 Å². The van der Waals surface area contributed by atoms with Gasteiger partial charge < -0.3 is 5.32 Å². The fourth-order valence-electron chi connectivity index (χ4n) is 2.31. The third-order valence-corrected chi connectivity index (χ3v) is 3.64. The number of aromatic nitrogens is 1. The number of nitrogens with zero attached hydrogens (tertiary/aromatic N) is 1. The van der Waals surface area contributed by atoms with Crippen LogP contribution < -0.4 is 5.32 Å². The number of halogens is 1. The Hall–Kier alpha value is -2.06. The van der Waals surface area contributed by atoms with Crippen LogP contribution in [0.25, 0.3) is 10.9 Å². The molecule has 1 aromatic heterocycles. The second kappa shape index (κ2) is 5.93. The van der Waals surface area contributed by atoms with E-state index in [-0.39, 0.29) is 6.04 Å². The van der Waals surface area contributed by atoms with Crippen LogP contribution in [0.15, 0.2) is 66.9 Å². The third-order valence-electron chi connectivity index (χ3n) is 3.34. The van der Waals surface area contributed by atoms with E-state index < -0.39 is 0 Å².